The second-order valence-electron chi connectivity index (χ2n) is 6.03. The first-order chi connectivity index (χ1) is 13.5. The number of phenols is 2. The van der Waals surface area contributed by atoms with Gasteiger partial charge in [0.2, 0.25) is 0 Å². The van der Waals surface area contributed by atoms with Gasteiger partial charge in [0.1, 0.15) is 0 Å². The molecule has 0 bridgehead atoms. The Labute approximate surface area is 186 Å². The van der Waals surface area contributed by atoms with E-state index in [1.54, 1.807) is 6.07 Å². The molecule has 0 radical (unpaired) electrons. The van der Waals surface area contributed by atoms with Crippen molar-refractivity contribution in [3.8, 4) is 11.5 Å². The second kappa shape index (κ2) is 7.87. The van der Waals surface area contributed by atoms with Gasteiger partial charge in [0, 0.05) is 21.7 Å². The van der Waals surface area contributed by atoms with Crippen molar-refractivity contribution < 1.29 is 23.2 Å². The van der Waals surface area contributed by atoms with Crippen molar-refractivity contribution in [2.24, 2.45) is 0 Å². The van der Waals surface area contributed by atoms with Gasteiger partial charge >= 0.3 is 0 Å². The van der Waals surface area contributed by atoms with Crippen LogP contribution in [-0.2, 0) is 14.9 Å². The lowest BCUT2D eigenvalue weighted by molar-refractivity contribution is 0.394. The predicted molar refractivity (Wildman–Crippen MR) is 114 cm³/mol. The summed E-state index contributed by atoms with van der Waals surface area (Å²) in [6.45, 7) is 0. The van der Waals surface area contributed by atoms with Crippen LogP contribution in [0.15, 0.2) is 54.6 Å². The largest absolute Gasteiger partial charge is 0.504 e. The monoisotopic (exact) mass is 492 g/mol. The summed E-state index contributed by atoms with van der Waals surface area (Å²) in [5.74, 6) is -1.65. The van der Waals surface area contributed by atoms with Crippen molar-refractivity contribution in [1.29, 1.82) is 0 Å². The SMILES string of the molecule is O=S(=O)(O)C(c1ccccc1)(c1c(Cl)cccc1Cl)c1c(O)c(O)cc(Cl)c1Cl. The Balaban J connectivity index is 2.72. The summed E-state index contributed by atoms with van der Waals surface area (Å²) in [7, 11) is -5.19. The third-order valence-electron chi connectivity index (χ3n) is 4.41. The topological polar surface area (TPSA) is 94.8 Å². The number of aromatic hydroxyl groups is 2. The first-order valence-electron chi connectivity index (χ1n) is 7.91. The van der Waals surface area contributed by atoms with Gasteiger partial charge in [0.15, 0.2) is 16.2 Å². The van der Waals surface area contributed by atoms with Gasteiger partial charge in [-0.2, -0.15) is 8.42 Å². The number of hydrogen-bond donors (Lipinski definition) is 3. The van der Waals surface area contributed by atoms with Crippen LogP contribution in [0.4, 0.5) is 0 Å². The molecule has 3 aromatic rings. The molecule has 10 heteroatoms. The molecular weight excluding hydrogens is 482 g/mol. The molecule has 0 heterocycles. The average Bonchev–Trinajstić information content (AvgIpc) is 2.64. The van der Waals surface area contributed by atoms with E-state index in [4.69, 9.17) is 46.4 Å². The fraction of sp³-hybridized carbons (Fsp3) is 0.0526. The van der Waals surface area contributed by atoms with Gasteiger partial charge < -0.3 is 10.2 Å². The molecule has 3 aromatic carbocycles. The molecule has 0 fully saturated rings. The molecule has 0 aliphatic rings. The Kier molecular flexibility index (Phi) is 5.98. The summed E-state index contributed by atoms with van der Waals surface area (Å²) in [5.41, 5.74) is -0.903. The predicted octanol–water partition coefficient (Wildman–Crippen LogP) is 5.89. The lowest BCUT2D eigenvalue weighted by Gasteiger charge is -2.35. The molecule has 0 spiro atoms. The molecule has 152 valence electrons. The van der Waals surface area contributed by atoms with Crippen LogP contribution in [-0.4, -0.2) is 23.2 Å². The lowest BCUT2D eigenvalue weighted by Crippen LogP contribution is -2.39. The van der Waals surface area contributed by atoms with E-state index in [0.29, 0.717) is 0 Å². The minimum atomic E-state index is -5.19. The molecule has 29 heavy (non-hydrogen) atoms. The van der Waals surface area contributed by atoms with Crippen molar-refractivity contribution in [1.82, 2.24) is 0 Å². The van der Waals surface area contributed by atoms with Gasteiger partial charge in [-0.3, -0.25) is 4.55 Å². The Morgan fingerprint density at radius 3 is 1.83 bits per heavy atom. The maximum Gasteiger partial charge on any atom is 0.283 e. The van der Waals surface area contributed by atoms with Crippen molar-refractivity contribution in [3.63, 3.8) is 0 Å². The molecule has 0 amide bonds. The third-order valence-corrected chi connectivity index (χ3v) is 7.24. The highest BCUT2D eigenvalue weighted by molar-refractivity contribution is 7.87. The van der Waals surface area contributed by atoms with Crippen molar-refractivity contribution >= 4 is 56.5 Å². The summed E-state index contributed by atoms with van der Waals surface area (Å²) in [6, 6.07) is 12.5. The van der Waals surface area contributed by atoms with Crippen LogP contribution in [0.25, 0.3) is 0 Å². The van der Waals surface area contributed by atoms with Crippen LogP contribution in [0.5, 0.6) is 11.5 Å². The molecule has 5 nitrogen and oxygen atoms in total. The zero-order valence-corrected chi connectivity index (χ0v) is 18.1. The summed E-state index contributed by atoms with van der Waals surface area (Å²) >= 11 is 25.0. The molecule has 0 aliphatic heterocycles. The van der Waals surface area contributed by atoms with Crippen LogP contribution in [0.2, 0.25) is 20.1 Å². The number of rotatable bonds is 4. The van der Waals surface area contributed by atoms with E-state index in [0.717, 1.165) is 6.07 Å². The normalized spacial score (nSPS) is 13.8. The van der Waals surface area contributed by atoms with Crippen LogP contribution in [0, 0.1) is 0 Å². The van der Waals surface area contributed by atoms with Gasteiger partial charge in [-0.15, -0.1) is 0 Å². The van der Waals surface area contributed by atoms with E-state index in [2.05, 4.69) is 0 Å². The molecule has 1 unspecified atom stereocenters. The van der Waals surface area contributed by atoms with Gasteiger partial charge in [-0.25, -0.2) is 0 Å². The standard InChI is InChI=1S/C19H12Cl4O5S/c20-11-7-4-8-12(21)15(11)19(29(26,27)28,10-5-2-1-3-6-10)16-17(23)13(22)9-14(24)18(16)25/h1-9,24-25H,(H,26,27,28). The number of phenolic OH excluding ortho intramolecular Hbond substituents is 2. The maximum atomic E-state index is 13.0. The van der Waals surface area contributed by atoms with E-state index in [1.807, 2.05) is 0 Å². The van der Waals surface area contributed by atoms with Crippen LogP contribution in [0.3, 0.4) is 0 Å². The molecular formula is C19H12Cl4O5S. The third kappa shape index (κ3) is 3.44. The summed E-state index contributed by atoms with van der Waals surface area (Å²) in [4.78, 5) is 0. The molecule has 0 aromatic heterocycles. The van der Waals surface area contributed by atoms with Gasteiger partial charge in [-0.05, 0) is 17.7 Å². The van der Waals surface area contributed by atoms with Crippen molar-refractivity contribution in [2.75, 3.05) is 0 Å². The summed E-state index contributed by atoms with van der Waals surface area (Å²) in [6.07, 6.45) is 0. The highest BCUT2D eigenvalue weighted by Gasteiger charge is 2.54. The Morgan fingerprint density at radius 2 is 1.31 bits per heavy atom. The Morgan fingerprint density at radius 1 is 0.759 bits per heavy atom. The molecule has 3 rings (SSSR count). The Hall–Kier alpha value is -1.67. The summed E-state index contributed by atoms with van der Waals surface area (Å²) < 4.78 is 34.0. The van der Waals surface area contributed by atoms with E-state index in [9.17, 15) is 23.2 Å². The van der Waals surface area contributed by atoms with Crippen molar-refractivity contribution in [2.45, 2.75) is 4.75 Å². The maximum absolute atomic E-state index is 13.0. The molecule has 3 N–H and O–H groups in total. The molecule has 0 aliphatic carbocycles. The van der Waals surface area contributed by atoms with Crippen LogP contribution < -0.4 is 0 Å². The molecule has 1 atom stereocenters. The average molecular weight is 494 g/mol. The highest BCUT2D eigenvalue weighted by atomic mass is 35.5. The zero-order chi connectivity index (χ0) is 21.6. The highest BCUT2D eigenvalue weighted by Crippen LogP contribution is 2.56. The molecule has 0 saturated carbocycles. The van der Waals surface area contributed by atoms with Crippen LogP contribution in [0.1, 0.15) is 16.7 Å². The van der Waals surface area contributed by atoms with E-state index >= 15 is 0 Å². The van der Waals surface area contributed by atoms with E-state index in [1.165, 1.54) is 42.5 Å². The quantitative estimate of drug-likeness (QED) is 0.239. The van der Waals surface area contributed by atoms with Crippen molar-refractivity contribution in [3.05, 3.63) is 91.4 Å². The van der Waals surface area contributed by atoms with Gasteiger partial charge in [0.25, 0.3) is 10.1 Å². The second-order valence-corrected chi connectivity index (χ2v) is 9.20. The molecule has 0 saturated heterocycles. The minimum absolute atomic E-state index is 0.0450. The fourth-order valence-corrected chi connectivity index (χ4v) is 5.95. The van der Waals surface area contributed by atoms with Crippen LogP contribution >= 0.6 is 46.4 Å². The smallest absolute Gasteiger partial charge is 0.283 e. The zero-order valence-electron chi connectivity index (χ0n) is 14.3. The van der Waals surface area contributed by atoms with E-state index in [-0.39, 0.29) is 26.2 Å². The van der Waals surface area contributed by atoms with Gasteiger partial charge in [-0.1, -0.05) is 82.8 Å². The van der Waals surface area contributed by atoms with E-state index < -0.39 is 37.0 Å². The number of benzene rings is 3. The first kappa shape index (κ1) is 22.0. The minimum Gasteiger partial charge on any atom is -0.504 e. The Bertz CT molecular complexity index is 1150. The summed E-state index contributed by atoms with van der Waals surface area (Å²) in [5, 5.41) is 19.8. The number of halogens is 4. The lowest BCUT2D eigenvalue weighted by atomic mass is 9.83. The number of hydrogen-bond acceptors (Lipinski definition) is 4. The van der Waals surface area contributed by atoms with Gasteiger partial charge in [0.05, 0.1) is 15.6 Å². The first-order valence-corrected chi connectivity index (χ1v) is 10.9. The fourth-order valence-electron chi connectivity index (χ4n) is 3.25.